The van der Waals surface area contributed by atoms with Gasteiger partial charge in [0.1, 0.15) is 5.02 Å². The van der Waals surface area contributed by atoms with Gasteiger partial charge in [0.15, 0.2) is 11.6 Å². The maximum atomic E-state index is 11.8. The van der Waals surface area contributed by atoms with Crippen LogP contribution in [0.2, 0.25) is 5.02 Å². The van der Waals surface area contributed by atoms with E-state index in [1.807, 2.05) is 36.4 Å². The Hall–Kier alpha value is -3.42. The van der Waals surface area contributed by atoms with E-state index in [0.29, 0.717) is 16.8 Å². The summed E-state index contributed by atoms with van der Waals surface area (Å²) in [6.45, 7) is 7.74. The molecule has 3 aromatic rings. The van der Waals surface area contributed by atoms with Crippen molar-refractivity contribution in [2.45, 2.75) is 13.8 Å². The molecule has 0 radical (unpaired) electrons. The number of piperazine rings is 1. The van der Waals surface area contributed by atoms with E-state index in [0.717, 1.165) is 43.1 Å². The van der Waals surface area contributed by atoms with E-state index in [-0.39, 0.29) is 19.6 Å². The molecule has 34 heavy (non-hydrogen) atoms. The number of hydrogen-bond acceptors (Lipinski definition) is 7. The third-order valence-corrected chi connectivity index (χ3v) is 5.88. The highest BCUT2D eigenvalue weighted by Gasteiger charge is 2.14. The van der Waals surface area contributed by atoms with Crippen LogP contribution in [0, 0.1) is 0 Å². The van der Waals surface area contributed by atoms with Crippen molar-refractivity contribution in [3.05, 3.63) is 78.0 Å². The number of likely N-dealkylation sites (N-methyl/N-ethyl adjacent to an activating group) is 1. The first-order valence-electron chi connectivity index (χ1n) is 10.8. The average molecular weight is 479 g/mol. The topological polar surface area (TPSA) is 73.4 Å². The van der Waals surface area contributed by atoms with Crippen molar-refractivity contribution in [3.63, 3.8) is 0 Å². The lowest BCUT2D eigenvalue weighted by Gasteiger charge is -2.34. The number of benzene rings is 2. The molecule has 7 nitrogen and oxygen atoms in total. The molecule has 8 heteroatoms. The summed E-state index contributed by atoms with van der Waals surface area (Å²) in [5.41, 5.74) is 3.69. The van der Waals surface area contributed by atoms with Crippen LogP contribution < -0.4 is 15.5 Å². The molecular weight excluding hydrogens is 448 g/mol. The monoisotopic (exact) mass is 478 g/mol. The van der Waals surface area contributed by atoms with Crippen LogP contribution >= 0.6 is 11.6 Å². The van der Waals surface area contributed by atoms with E-state index < -0.39 is 0 Å². The number of nitrogens with one attached hydrogen (secondary N) is 2. The van der Waals surface area contributed by atoms with Gasteiger partial charge in [0.25, 0.3) is 0 Å². The van der Waals surface area contributed by atoms with Gasteiger partial charge < -0.3 is 20.4 Å². The molecule has 2 N–H and O–H groups in total. The molecule has 0 amide bonds. The van der Waals surface area contributed by atoms with Crippen LogP contribution in [-0.2, 0) is 11.2 Å². The van der Waals surface area contributed by atoms with Gasteiger partial charge in [-0.15, -0.1) is 0 Å². The molecular formula is C26H31ClN6O. The Morgan fingerprint density at radius 3 is 2.50 bits per heavy atom. The number of nitrogens with zero attached hydrogens (tertiary/aromatic N) is 4. The summed E-state index contributed by atoms with van der Waals surface area (Å²) in [4.78, 5) is 25.4. The Labute approximate surface area is 206 Å². The zero-order valence-corrected chi connectivity index (χ0v) is 19.3. The van der Waals surface area contributed by atoms with Crippen LogP contribution in [0.3, 0.4) is 0 Å². The molecule has 0 bridgehead atoms. The third kappa shape index (κ3) is 6.34. The first-order chi connectivity index (χ1) is 16.0. The van der Waals surface area contributed by atoms with E-state index in [9.17, 15) is 4.79 Å². The molecule has 0 aliphatic carbocycles. The second kappa shape index (κ2) is 11.6. The summed E-state index contributed by atoms with van der Waals surface area (Å²) >= 11 is 6.34. The quantitative estimate of drug-likeness (QED) is 0.425. The van der Waals surface area contributed by atoms with Crippen LogP contribution in [0.4, 0.5) is 28.8 Å². The molecule has 178 valence electrons. The van der Waals surface area contributed by atoms with Gasteiger partial charge in [-0.1, -0.05) is 43.8 Å². The molecule has 0 spiro atoms. The number of aromatic nitrogens is 2. The normalized spacial score (nSPS) is 13.6. The van der Waals surface area contributed by atoms with Gasteiger partial charge in [0.2, 0.25) is 5.95 Å². The van der Waals surface area contributed by atoms with Gasteiger partial charge in [-0.05, 0) is 49.0 Å². The molecule has 1 saturated heterocycles. The van der Waals surface area contributed by atoms with E-state index in [2.05, 4.69) is 56.2 Å². The first kappa shape index (κ1) is 25.2. The third-order valence-electron chi connectivity index (χ3n) is 5.60. The van der Waals surface area contributed by atoms with E-state index in [1.54, 1.807) is 6.20 Å². The van der Waals surface area contributed by atoms with Crippen LogP contribution in [0.5, 0.6) is 0 Å². The van der Waals surface area contributed by atoms with Crippen molar-refractivity contribution >= 4 is 46.2 Å². The molecule has 0 saturated carbocycles. The van der Waals surface area contributed by atoms with Crippen molar-refractivity contribution in [1.29, 1.82) is 0 Å². The highest BCUT2D eigenvalue weighted by Crippen LogP contribution is 2.27. The summed E-state index contributed by atoms with van der Waals surface area (Å²) in [7, 11) is 2.15. The number of carbonyl (C=O) groups excluding carboxylic acids is 1. The smallest absolute Gasteiger partial charge is 0.229 e. The average Bonchev–Trinajstić information content (AvgIpc) is 2.83. The number of carbonyl (C=O) groups is 1. The van der Waals surface area contributed by atoms with Gasteiger partial charge in [-0.25, -0.2) is 4.98 Å². The lowest BCUT2D eigenvalue weighted by molar-refractivity contribution is -0.114. The van der Waals surface area contributed by atoms with Crippen molar-refractivity contribution in [3.8, 4) is 0 Å². The summed E-state index contributed by atoms with van der Waals surface area (Å²) in [6, 6.07) is 15.8. The zero-order valence-electron chi connectivity index (χ0n) is 18.6. The minimum Gasteiger partial charge on any atom is -0.369 e. The van der Waals surface area contributed by atoms with Crippen LogP contribution in [0.25, 0.3) is 0 Å². The largest absolute Gasteiger partial charge is 0.369 e. The fraction of sp³-hybridized carbons (Fsp3) is 0.269. The Balaban J connectivity index is 0.00000324. The van der Waals surface area contributed by atoms with Gasteiger partial charge in [-0.2, -0.15) is 4.98 Å². The highest BCUT2D eigenvalue weighted by molar-refractivity contribution is 6.32. The molecule has 4 rings (SSSR count). The van der Waals surface area contributed by atoms with E-state index >= 15 is 0 Å². The minimum absolute atomic E-state index is 0. The summed E-state index contributed by atoms with van der Waals surface area (Å²) in [5.74, 6) is 0.830. The van der Waals surface area contributed by atoms with Crippen molar-refractivity contribution in [1.82, 2.24) is 14.9 Å². The van der Waals surface area contributed by atoms with Crippen molar-refractivity contribution in [2.24, 2.45) is 0 Å². The summed E-state index contributed by atoms with van der Waals surface area (Å²) in [5, 5.41) is 6.85. The van der Waals surface area contributed by atoms with Crippen molar-refractivity contribution in [2.75, 3.05) is 48.8 Å². The number of halogens is 1. The molecule has 2 aromatic carbocycles. The van der Waals surface area contributed by atoms with Crippen molar-refractivity contribution < 1.29 is 4.79 Å². The first-order valence-corrected chi connectivity index (χ1v) is 11.2. The van der Waals surface area contributed by atoms with Crippen LogP contribution in [-0.4, -0.2) is 53.9 Å². The Kier molecular flexibility index (Phi) is 8.62. The van der Waals surface area contributed by atoms with Gasteiger partial charge in [0, 0.05) is 49.7 Å². The van der Waals surface area contributed by atoms with Crippen LogP contribution in [0.1, 0.15) is 13.0 Å². The number of hydrogen-bond donors (Lipinski definition) is 2. The lowest BCUT2D eigenvalue weighted by Crippen LogP contribution is -2.44. The van der Waals surface area contributed by atoms with Gasteiger partial charge in [-0.3, -0.25) is 4.79 Å². The Bertz CT molecular complexity index is 1130. The molecule has 1 aliphatic heterocycles. The second-order valence-corrected chi connectivity index (χ2v) is 8.39. The number of anilines is 5. The Morgan fingerprint density at radius 1 is 1.09 bits per heavy atom. The van der Waals surface area contributed by atoms with E-state index in [4.69, 9.17) is 11.6 Å². The van der Waals surface area contributed by atoms with Crippen LogP contribution in [0.15, 0.2) is 67.4 Å². The molecule has 1 aliphatic rings. The maximum Gasteiger partial charge on any atom is 0.229 e. The fourth-order valence-corrected chi connectivity index (χ4v) is 3.79. The van der Waals surface area contributed by atoms with Gasteiger partial charge >= 0.3 is 0 Å². The molecule has 1 fully saturated rings. The van der Waals surface area contributed by atoms with Gasteiger partial charge in [0.05, 0.1) is 6.20 Å². The predicted molar refractivity (Wildman–Crippen MR) is 142 cm³/mol. The minimum atomic E-state index is -0.0552. The Morgan fingerprint density at radius 2 is 1.79 bits per heavy atom. The molecule has 2 heterocycles. The summed E-state index contributed by atoms with van der Waals surface area (Å²) < 4.78 is 0. The zero-order chi connectivity index (χ0) is 23.2. The molecule has 1 aromatic heterocycles. The highest BCUT2D eigenvalue weighted by atomic mass is 35.5. The summed E-state index contributed by atoms with van der Waals surface area (Å²) in [6.07, 6.45) is 3.13. The molecule has 0 atom stereocenters. The number of ketones is 1. The second-order valence-electron chi connectivity index (χ2n) is 7.98. The SMILES string of the molecule is C.C=CC(=O)Cc1ccccc1Nc1nc(Nc2ccc(N3CCN(C)CC3)cc2)ncc1Cl. The standard InChI is InChI=1S/C25H27ClN6O.CH4/c1-3-21(33)16-18-6-4-5-7-23(18)29-24-22(26)17-27-25(30-24)28-19-8-10-20(11-9-19)32-14-12-31(2)13-15-32;/h3-11,17H,1,12-16H2,2H3,(H2,27,28,29,30);1H4. The maximum absolute atomic E-state index is 11.8. The number of allylic oxidation sites excluding steroid dienone is 1. The fourth-order valence-electron chi connectivity index (χ4n) is 3.65. The van der Waals surface area contributed by atoms with E-state index in [1.165, 1.54) is 11.8 Å². The number of para-hydroxylation sites is 1. The molecule has 0 unspecified atom stereocenters. The lowest BCUT2D eigenvalue weighted by atomic mass is 10.1. The predicted octanol–water partition coefficient (Wildman–Crippen LogP) is 5.30. The number of rotatable bonds is 8.